The van der Waals surface area contributed by atoms with Gasteiger partial charge in [0.2, 0.25) is 5.90 Å². The molecular formula is C15H13NO4. The number of aromatic hydroxyl groups is 2. The van der Waals surface area contributed by atoms with Gasteiger partial charge < -0.3 is 20.2 Å². The lowest BCUT2D eigenvalue weighted by Crippen LogP contribution is -2.26. The molecule has 20 heavy (non-hydrogen) atoms. The molecule has 0 aliphatic carbocycles. The summed E-state index contributed by atoms with van der Waals surface area (Å²) in [6, 6.07) is 11.6. The summed E-state index contributed by atoms with van der Waals surface area (Å²) in [5.41, 5.74) is 1.81. The van der Waals surface area contributed by atoms with Crippen LogP contribution in [-0.2, 0) is 6.42 Å². The largest absolute Gasteiger partial charge is 0.508 e. The standard InChI is InChI=1S/C15H13NO4/c17-11-4-1-9(2-5-11)13-7-10-3-6-12(18)8-14(10)20-15(13)16-19/h1-6,8,13,17-19H,7H2. The van der Waals surface area contributed by atoms with Crippen LogP contribution in [0.15, 0.2) is 47.6 Å². The number of fused-ring (bicyclic) bond motifs is 1. The van der Waals surface area contributed by atoms with Gasteiger partial charge in [0, 0.05) is 6.07 Å². The van der Waals surface area contributed by atoms with E-state index in [1.807, 2.05) is 0 Å². The van der Waals surface area contributed by atoms with Crippen LogP contribution < -0.4 is 4.74 Å². The molecule has 1 heterocycles. The molecule has 0 spiro atoms. The van der Waals surface area contributed by atoms with Crippen molar-refractivity contribution in [2.45, 2.75) is 12.3 Å². The van der Waals surface area contributed by atoms with Crippen LogP contribution >= 0.6 is 0 Å². The minimum Gasteiger partial charge on any atom is -0.508 e. The van der Waals surface area contributed by atoms with Gasteiger partial charge in [0.25, 0.3) is 0 Å². The number of nitrogens with zero attached hydrogens (tertiary/aromatic N) is 1. The fraction of sp³-hybridized carbons (Fsp3) is 0.133. The Hall–Kier alpha value is -2.69. The van der Waals surface area contributed by atoms with Crippen LogP contribution in [0.3, 0.4) is 0 Å². The minimum atomic E-state index is -0.224. The average Bonchev–Trinajstić information content (AvgIpc) is 2.46. The van der Waals surface area contributed by atoms with Crippen molar-refractivity contribution in [2.75, 3.05) is 0 Å². The monoisotopic (exact) mass is 271 g/mol. The molecule has 1 unspecified atom stereocenters. The van der Waals surface area contributed by atoms with E-state index in [0.717, 1.165) is 11.1 Å². The summed E-state index contributed by atoms with van der Waals surface area (Å²) in [7, 11) is 0. The molecule has 1 atom stereocenters. The zero-order valence-corrected chi connectivity index (χ0v) is 10.5. The molecule has 5 nitrogen and oxygen atoms in total. The number of benzene rings is 2. The van der Waals surface area contributed by atoms with Crippen molar-refractivity contribution < 1.29 is 20.2 Å². The number of rotatable bonds is 1. The topological polar surface area (TPSA) is 82.3 Å². The van der Waals surface area contributed by atoms with Crippen LogP contribution in [0.2, 0.25) is 0 Å². The first-order valence-corrected chi connectivity index (χ1v) is 6.18. The number of phenolic OH excluding ortho intramolecular Hbond substituents is 2. The molecule has 2 aromatic rings. The summed E-state index contributed by atoms with van der Waals surface area (Å²) >= 11 is 0. The highest BCUT2D eigenvalue weighted by Gasteiger charge is 2.28. The van der Waals surface area contributed by atoms with E-state index < -0.39 is 0 Å². The maximum Gasteiger partial charge on any atom is 0.238 e. The van der Waals surface area contributed by atoms with Crippen LogP contribution in [0.5, 0.6) is 17.2 Å². The van der Waals surface area contributed by atoms with Gasteiger partial charge in [0.15, 0.2) is 0 Å². The first kappa shape index (κ1) is 12.3. The van der Waals surface area contributed by atoms with Crippen LogP contribution in [-0.4, -0.2) is 21.3 Å². The highest BCUT2D eigenvalue weighted by Crippen LogP contribution is 2.36. The summed E-state index contributed by atoms with van der Waals surface area (Å²) in [6.07, 6.45) is 0.597. The highest BCUT2D eigenvalue weighted by molar-refractivity contribution is 5.87. The van der Waals surface area contributed by atoms with Gasteiger partial charge in [0.05, 0.1) is 5.92 Å². The molecule has 2 aromatic carbocycles. The fourth-order valence-electron chi connectivity index (χ4n) is 2.36. The molecule has 0 fully saturated rings. The summed E-state index contributed by atoms with van der Waals surface area (Å²) in [6.45, 7) is 0. The SMILES string of the molecule is ON=C1Oc2cc(O)ccc2CC1c1ccc(O)cc1. The molecule has 0 amide bonds. The van der Waals surface area contributed by atoms with E-state index in [1.165, 1.54) is 6.07 Å². The van der Waals surface area contributed by atoms with E-state index >= 15 is 0 Å². The molecule has 0 aromatic heterocycles. The smallest absolute Gasteiger partial charge is 0.238 e. The molecule has 0 bridgehead atoms. The first-order chi connectivity index (χ1) is 9.67. The summed E-state index contributed by atoms with van der Waals surface area (Å²) in [5, 5.41) is 31.1. The van der Waals surface area contributed by atoms with Crippen LogP contribution in [0.1, 0.15) is 17.0 Å². The van der Waals surface area contributed by atoms with Gasteiger partial charge in [-0.3, -0.25) is 0 Å². The number of hydrogen-bond acceptors (Lipinski definition) is 5. The normalized spacial score (nSPS) is 19.4. The van der Waals surface area contributed by atoms with E-state index in [0.29, 0.717) is 12.2 Å². The van der Waals surface area contributed by atoms with Gasteiger partial charge in [-0.05, 0) is 35.7 Å². The number of hydrogen-bond donors (Lipinski definition) is 3. The predicted octanol–water partition coefficient (Wildman–Crippen LogP) is 2.60. The van der Waals surface area contributed by atoms with Crippen LogP contribution in [0.25, 0.3) is 0 Å². The Bertz CT molecular complexity index is 664. The lowest BCUT2D eigenvalue weighted by atomic mass is 9.89. The highest BCUT2D eigenvalue weighted by atomic mass is 16.5. The van der Waals surface area contributed by atoms with Crippen LogP contribution in [0, 0.1) is 0 Å². The lowest BCUT2D eigenvalue weighted by molar-refractivity contribution is 0.295. The second kappa shape index (κ2) is 4.77. The van der Waals surface area contributed by atoms with Crippen molar-refractivity contribution in [3.63, 3.8) is 0 Å². The number of oxime groups is 1. The summed E-state index contributed by atoms with van der Waals surface area (Å²) in [5.74, 6) is 0.724. The van der Waals surface area contributed by atoms with E-state index in [4.69, 9.17) is 9.94 Å². The van der Waals surface area contributed by atoms with Crippen molar-refractivity contribution in [1.29, 1.82) is 0 Å². The second-order valence-electron chi connectivity index (χ2n) is 4.68. The van der Waals surface area contributed by atoms with Crippen molar-refractivity contribution >= 4 is 5.90 Å². The average molecular weight is 271 g/mol. The maximum absolute atomic E-state index is 9.45. The molecule has 1 aliphatic heterocycles. The van der Waals surface area contributed by atoms with E-state index in [-0.39, 0.29) is 23.3 Å². The Kier molecular flexibility index (Phi) is 2.95. The third kappa shape index (κ3) is 2.14. The molecule has 0 saturated carbocycles. The number of phenols is 2. The molecular weight excluding hydrogens is 258 g/mol. The molecule has 0 saturated heterocycles. The van der Waals surface area contributed by atoms with E-state index in [1.54, 1.807) is 36.4 Å². The Morgan fingerprint density at radius 3 is 2.40 bits per heavy atom. The van der Waals surface area contributed by atoms with Gasteiger partial charge in [-0.2, -0.15) is 0 Å². The minimum absolute atomic E-state index is 0.101. The predicted molar refractivity (Wildman–Crippen MR) is 72.5 cm³/mol. The zero-order valence-electron chi connectivity index (χ0n) is 10.5. The van der Waals surface area contributed by atoms with Crippen molar-refractivity contribution in [1.82, 2.24) is 0 Å². The summed E-state index contributed by atoms with van der Waals surface area (Å²) in [4.78, 5) is 0. The second-order valence-corrected chi connectivity index (χ2v) is 4.68. The van der Waals surface area contributed by atoms with Crippen molar-refractivity contribution in [3.8, 4) is 17.2 Å². The Morgan fingerprint density at radius 1 is 1.00 bits per heavy atom. The number of ether oxygens (including phenoxy) is 1. The van der Waals surface area contributed by atoms with Crippen molar-refractivity contribution in [3.05, 3.63) is 53.6 Å². The van der Waals surface area contributed by atoms with Gasteiger partial charge >= 0.3 is 0 Å². The first-order valence-electron chi connectivity index (χ1n) is 6.18. The van der Waals surface area contributed by atoms with Crippen molar-refractivity contribution in [2.24, 2.45) is 5.16 Å². The molecule has 1 aliphatic rings. The summed E-state index contributed by atoms with van der Waals surface area (Å²) < 4.78 is 5.54. The third-order valence-corrected chi connectivity index (χ3v) is 3.38. The Balaban J connectivity index is 2.00. The lowest BCUT2D eigenvalue weighted by Gasteiger charge is -2.25. The molecule has 3 N–H and O–H groups in total. The van der Waals surface area contributed by atoms with Crippen LogP contribution in [0.4, 0.5) is 0 Å². The zero-order chi connectivity index (χ0) is 14.1. The van der Waals surface area contributed by atoms with Gasteiger partial charge in [-0.1, -0.05) is 23.4 Å². The third-order valence-electron chi connectivity index (χ3n) is 3.38. The Labute approximate surface area is 115 Å². The Morgan fingerprint density at radius 2 is 1.70 bits per heavy atom. The maximum atomic E-state index is 9.45. The van der Waals surface area contributed by atoms with Gasteiger partial charge in [-0.15, -0.1) is 0 Å². The molecule has 5 heteroatoms. The molecule has 0 radical (unpaired) electrons. The van der Waals surface area contributed by atoms with E-state index in [9.17, 15) is 10.2 Å². The molecule has 3 rings (SSSR count). The van der Waals surface area contributed by atoms with Gasteiger partial charge in [0.1, 0.15) is 17.2 Å². The fourth-order valence-corrected chi connectivity index (χ4v) is 2.36. The van der Waals surface area contributed by atoms with Gasteiger partial charge in [-0.25, -0.2) is 0 Å². The quantitative estimate of drug-likeness (QED) is 0.550. The van der Waals surface area contributed by atoms with E-state index in [2.05, 4.69) is 5.16 Å². The molecule has 102 valence electrons.